The van der Waals surface area contributed by atoms with Crippen molar-refractivity contribution >= 4 is 27.5 Å². The van der Waals surface area contributed by atoms with Crippen LogP contribution in [0.4, 0.5) is 5.69 Å². The standard InChI is InChI=1S/C9H9BrN2O/c10-6-2-1-3-7-8(6)5(4-11)9(13)12-7/h1-3,5H,4,11H2,(H,12,13). The highest BCUT2D eigenvalue weighted by atomic mass is 79.9. The van der Waals surface area contributed by atoms with E-state index in [9.17, 15) is 4.79 Å². The van der Waals surface area contributed by atoms with Gasteiger partial charge in [0, 0.05) is 22.3 Å². The van der Waals surface area contributed by atoms with Gasteiger partial charge in [0.05, 0.1) is 5.92 Å². The van der Waals surface area contributed by atoms with Crippen molar-refractivity contribution in [1.82, 2.24) is 0 Å². The Bertz CT molecular complexity index is 365. The zero-order valence-corrected chi connectivity index (χ0v) is 8.47. The fourth-order valence-corrected chi connectivity index (χ4v) is 2.22. The zero-order valence-electron chi connectivity index (χ0n) is 6.88. The van der Waals surface area contributed by atoms with E-state index in [4.69, 9.17) is 5.73 Å². The van der Waals surface area contributed by atoms with Crippen molar-refractivity contribution in [2.75, 3.05) is 11.9 Å². The Morgan fingerprint density at radius 3 is 3.00 bits per heavy atom. The molecule has 0 spiro atoms. The summed E-state index contributed by atoms with van der Waals surface area (Å²) in [5.41, 5.74) is 7.38. The molecule has 13 heavy (non-hydrogen) atoms. The van der Waals surface area contributed by atoms with Crippen molar-refractivity contribution in [2.24, 2.45) is 5.73 Å². The number of nitrogens with two attached hydrogens (primary N) is 1. The topological polar surface area (TPSA) is 55.1 Å². The van der Waals surface area contributed by atoms with E-state index in [1.54, 1.807) is 0 Å². The number of hydrogen-bond acceptors (Lipinski definition) is 2. The second kappa shape index (κ2) is 3.12. The number of nitrogens with one attached hydrogen (secondary N) is 1. The molecule has 2 rings (SSSR count). The third kappa shape index (κ3) is 1.26. The van der Waals surface area contributed by atoms with Crippen molar-refractivity contribution in [3.63, 3.8) is 0 Å². The van der Waals surface area contributed by atoms with Crippen LogP contribution < -0.4 is 11.1 Å². The van der Waals surface area contributed by atoms with E-state index in [0.29, 0.717) is 6.54 Å². The van der Waals surface area contributed by atoms with Crippen LogP contribution in [0.3, 0.4) is 0 Å². The molecule has 0 aromatic heterocycles. The molecule has 1 aromatic rings. The molecule has 0 bridgehead atoms. The number of carbonyl (C=O) groups is 1. The van der Waals surface area contributed by atoms with Crippen LogP contribution in [0.25, 0.3) is 0 Å². The monoisotopic (exact) mass is 240 g/mol. The highest BCUT2D eigenvalue weighted by Crippen LogP contribution is 2.36. The number of carbonyl (C=O) groups excluding carboxylic acids is 1. The van der Waals surface area contributed by atoms with Crippen LogP contribution in [0, 0.1) is 0 Å². The van der Waals surface area contributed by atoms with E-state index >= 15 is 0 Å². The van der Waals surface area contributed by atoms with Gasteiger partial charge in [-0.05, 0) is 12.1 Å². The molecule has 1 aliphatic heterocycles. The summed E-state index contributed by atoms with van der Waals surface area (Å²) >= 11 is 3.41. The second-order valence-corrected chi connectivity index (χ2v) is 3.83. The van der Waals surface area contributed by atoms with Crippen LogP contribution in [-0.2, 0) is 4.79 Å². The molecule has 1 aromatic carbocycles. The van der Waals surface area contributed by atoms with Gasteiger partial charge in [0.2, 0.25) is 5.91 Å². The number of rotatable bonds is 1. The molecule has 0 saturated heterocycles. The first-order valence-corrected chi connectivity index (χ1v) is 4.82. The maximum absolute atomic E-state index is 11.4. The van der Waals surface area contributed by atoms with E-state index < -0.39 is 0 Å². The van der Waals surface area contributed by atoms with Crippen molar-refractivity contribution in [1.29, 1.82) is 0 Å². The third-order valence-corrected chi connectivity index (χ3v) is 2.90. The zero-order chi connectivity index (χ0) is 9.42. The summed E-state index contributed by atoms with van der Waals surface area (Å²) in [5, 5.41) is 2.79. The van der Waals surface area contributed by atoms with Gasteiger partial charge < -0.3 is 11.1 Å². The number of hydrogen-bond donors (Lipinski definition) is 2. The average Bonchev–Trinajstić information content (AvgIpc) is 2.42. The quantitative estimate of drug-likeness (QED) is 0.781. The van der Waals surface area contributed by atoms with Crippen LogP contribution in [0.1, 0.15) is 11.5 Å². The minimum atomic E-state index is -0.203. The molecule has 3 N–H and O–H groups in total. The fourth-order valence-electron chi connectivity index (χ4n) is 1.58. The van der Waals surface area contributed by atoms with E-state index in [1.807, 2.05) is 18.2 Å². The summed E-state index contributed by atoms with van der Waals surface area (Å²) in [7, 11) is 0. The molecule has 3 nitrogen and oxygen atoms in total. The Morgan fingerprint density at radius 1 is 1.54 bits per heavy atom. The average molecular weight is 241 g/mol. The minimum absolute atomic E-state index is 0.00981. The first-order chi connectivity index (χ1) is 6.24. The van der Waals surface area contributed by atoms with E-state index in [0.717, 1.165) is 15.7 Å². The highest BCUT2D eigenvalue weighted by Gasteiger charge is 2.30. The third-order valence-electron chi connectivity index (χ3n) is 2.21. The van der Waals surface area contributed by atoms with Gasteiger partial charge in [0.25, 0.3) is 0 Å². The highest BCUT2D eigenvalue weighted by molar-refractivity contribution is 9.10. The lowest BCUT2D eigenvalue weighted by molar-refractivity contribution is -0.116. The van der Waals surface area contributed by atoms with Crippen LogP contribution in [0.15, 0.2) is 22.7 Å². The predicted molar refractivity (Wildman–Crippen MR) is 54.6 cm³/mol. The number of amides is 1. The van der Waals surface area contributed by atoms with Crippen LogP contribution in [0.2, 0.25) is 0 Å². The van der Waals surface area contributed by atoms with Gasteiger partial charge in [-0.3, -0.25) is 4.79 Å². The molecule has 1 atom stereocenters. The summed E-state index contributed by atoms with van der Waals surface area (Å²) in [5.74, 6) is -0.213. The maximum atomic E-state index is 11.4. The first kappa shape index (κ1) is 8.72. The number of anilines is 1. The van der Waals surface area contributed by atoms with Crippen molar-refractivity contribution in [3.8, 4) is 0 Å². The lowest BCUT2D eigenvalue weighted by atomic mass is 10.0. The Hall–Kier alpha value is -0.870. The second-order valence-electron chi connectivity index (χ2n) is 2.98. The summed E-state index contributed by atoms with van der Waals surface area (Å²) in [6.07, 6.45) is 0. The van der Waals surface area contributed by atoms with Gasteiger partial charge in [-0.2, -0.15) is 0 Å². The van der Waals surface area contributed by atoms with Crippen LogP contribution >= 0.6 is 15.9 Å². The predicted octanol–water partition coefficient (Wildman–Crippen LogP) is 1.44. The summed E-state index contributed by atoms with van der Waals surface area (Å²) < 4.78 is 0.943. The van der Waals surface area contributed by atoms with Gasteiger partial charge in [-0.15, -0.1) is 0 Å². The Kier molecular flexibility index (Phi) is 2.09. The van der Waals surface area contributed by atoms with E-state index in [2.05, 4.69) is 21.2 Å². The maximum Gasteiger partial charge on any atom is 0.233 e. The van der Waals surface area contributed by atoms with Gasteiger partial charge in [-0.25, -0.2) is 0 Å². The molecule has 0 radical (unpaired) electrons. The molecule has 0 fully saturated rings. The number of benzene rings is 1. The molecular formula is C9H9BrN2O. The molecular weight excluding hydrogens is 232 g/mol. The molecule has 0 aliphatic carbocycles. The minimum Gasteiger partial charge on any atom is -0.329 e. The Balaban J connectivity index is 2.55. The van der Waals surface area contributed by atoms with Gasteiger partial charge >= 0.3 is 0 Å². The van der Waals surface area contributed by atoms with Crippen LogP contribution in [0.5, 0.6) is 0 Å². The van der Waals surface area contributed by atoms with Gasteiger partial charge in [0.15, 0.2) is 0 Å². The molecule has 4 heteroatoms. The number of halogens is 1. The Morgan fingerprint density at radius 2 is 2.31 bits per heavy atom. The molecule has 1 aliphatic rings. The van der Waals surface area contributed by atoms with E-state index in [-0.39, 0.29) is 11.8 Å². The van der Waals surface area contributed by atoms with Crippen molar-refractivity contribution < 1.29 is 4.79 Å². The molecule has 1 unspecified atom stereocenters. The SMILES string of the molecule is NCC1C(=O)Nc2cccc(Br)c21. The first-order valence-electron chi connectivity index (χ1n) is 4.03. The fraction of sp³-hybridized carbons (Fsp3) is 0.222. The largest absolute Gasteiger partial charge is 0.329 e. The summed E-state index contributed by atoms with van der Waals surface area (Å²) in [4.78, 5) is 11.4. The van der Waals surface area contributed by atoms with Crippen molar-refractivity contribution in [2.45, 2.75) is 5.92 Å². The van der Waals surface area contributed by atoms with Crippen molar-refractivity contribution in [3.05, 3.63) is 28.2 Å². The molecule has 0 saturated carbocycles. The normalized spacial score (nSPS) is 19.8. The molecule has 68 valence electrons. The smallest absolute Gasteiger partial charge is 0.233 e. The molecule has 1 amide bonds. The molecule has 1 heterocycles. The number of fused-ring (bicyclic) bond motifs is 1. The lowest BCUT2D eigenvalue weighted by Crippen LogP contribution is -2.20. The van der Waals surface area contributed by atoms with Gasteiger partial charge in [0.1, 0.15) is 0 Å². The van der Waals surface area contributed by atoms with Gasteiger partial charge in [-0.1, -0.05) is 22.0 Å². The van der Waals surface area contributed by atoms with Crippen LogP contribution in [-0.4, -0.2) is 12.5 Å². The Labute approximate surface area is 84.4 Å². The lowest BCUT2D eigenvalue weighted by Gasteiger charge is -2.06. The summed E-state index contributed by atoms with van der Waals surface area (Å²) in [6.45, 7) is 0.349. The summed E-state index contributed by atoms with van der Waals surface area (Å²) in [6, 6.07) is 5.69. The van der Waals surface area contributed by atoms with E-state index in [1.165, 1.54) is 0 Å².